The molecule has 11 nitrogen and oxygen atoms in total. The molecule has 0 atom stereocenters. The molecule has 2 aromatic rings. The number of amides is 4. The summed E-state index contributed by atoms with van der Waals surface area (Å²) < 4.78 is 7.42. The zero-order chi connectivity index (χ0) is 30.1. The van der Waals surface area contributed by atoms with Crippen molar-refractivity contribution in [2.45, 2.75) is 39.2 Å². The summed E-state index contributed by atoms with van der Waals surface area (Å²) in [6.07, 6.45) is 0.816. The molecule has 0 unspecified atom stereocenters. The molecule has 2 saturated heterocycles. The zero-order valence-electron chi connectivity index (χ0n) is 23.4. The Hall–Kier alpha value is -2.83. The molecular formula is C27H33BrCl2N6O5. The van der Waals surface area contributed by atoms with E-state index in [1.54, 1.807) is 33.9 Å². The number of hydrogen-bond donors (Lipinski definition) is 1. The van der Waals surface area contributed by atoms with Gasteiger partial charge in [-0.15, -0.1) is 0 Å². The molecule has 0 spiro atoms. The molecule has 2 aliphatic heterocycles. The Balaban J connectivity index is 1.28. The van der Waals surface area contributed by atoms with Crippen LogP contribution >= 0.6 is 39.1 Å². The van der Waals surface area contributed by atoms with Gasteiger partial charge in [0.05, 0.1) is 10.6 Å². The Kier molecular flexibility index (Phi) is 9.55. The molecule has 2 aliphatic rings. The molecule has 1 aromatic carbocycles. The van der Waals surface area contributed by atoms with Gasteiger partial charge >= 0.3 is 6.09 Å². The number of hydrogen-bond acceptors (Lipinski definition) is 6. The molecule has 0 aliphatic carbocycles. The van der Waals surface area contributed by atoms with Crippen LogP contribution in [0.15, 0.2) is 22.8 Å². The number of carbonyl (C=O) groups excluding carboxylic acids is 4. The van der Waals surface area contributed by atoms with Crippen molar-refractivity contribution in [3.05, 3.63) is 44.4 Å². The fourth-order valence-electron chi connectivity index (χ4n) is 4.80. The van der Waals surface area contributed by atoms with Gasteiger partial charge in [-0.1, -0.05) is 23.2 Å². The summed E-state index contributed by atoms with van der Waals surface area (Å²) in [6.45, 7) is 8.04. The molecule has 14 heteroatoms. The Morgan fingerprint density at radius 3 is 2.12 bits per heavy atom. The fraction of sp³-hybridized carbons (Fsp3) is 0.519. The quantitative estimate of drug-likeness (QED) is 0.505. The van der Waals surface area contributed by atoms with Crippen LogP contribution in [0.1, 0.15) is 54.6 Å². The predicted molar refractivity (Wildman–Crippen MR) is 158 cm³/mol. The number of rotatable bonds is 4. The lowest BCUT2D eigenvalue weighted by Gasteiger charge is -2.38. The lowest BCUT2D eigenvalue weighted by atomic mass is 9.95. The number of aromatic nitrogens is 2. The molecule has 4 amide bonds. The summed E-state index contributed by atoms with van der Waals surface area (Å²) in [7, 11) is 1.65. The summed E-state index contributed by atoms with van der Waals surface area (Å²) >= 11 is 15.7. The topological polar surface area (TPSA) is 117 Å². The van der Waals surface area contributed by atoms with Crippen molar-refractivity contribution >= 4 is 68.6 Å². The normalized spacial score (nSPS) is 16.5. The SMILES string of the molecule is Cn1c(C(=O)Nc2ccc(C(=O)N3CCN(C(=O)C4CCN(C(=O)OC(C)(C)C)CC4)CC3)c(Cl)c2)nc(Cl)c1Br. The van der Waals surface area contributed by atoms with Crippen molar-refractivity contribution in [3.63, 3.8) is 0 Å². The summed E-state index contributed by atoms with van der Waals surface area (Å²) in [6, 6.07) is 4.67. The standard InChI is InChI=1S/C27H33BrCl2N6O5/c1-27(2,3)41-26(40)36-9-7-16(8-10-36)24(38)34-11-13-35(14-12-34)25(39)18-6-5-17(15-19(18)29)31-23(37)22-32-21(30)20(28)33(22)4/h5-6,15-16H,7-14H2,1-4H3,(H,31,37). The molecule has 0 saturated carbocycles. The van der Waals surface area contributed by atoms with Gasteiger partial charge in [0.1, 0.15) is 10.2 Å². The van der Waals surface area contributed by atoms with Gasteiger partial charge in [0.15, 0.2) is 5.15 Å². The number of halogens is 3. The van der Waals surface area contributed by atoms with Gasteiger partial charge in [0, 0.05) is 57.9 Å². The number of benzene rings is 1. The van der Waals surface area contributed by atoms with E-state index in [-0.39, 0.29) is 39.8 Å². The van der Waals surface area contributed by atoms with E-state index in [9.17, 15) is 19.2 Å². The number of piperazine rings is 1. The first-order chi connectivity index (χ1) is 19.2. The minimum Gasteiger partial charge on any atom is -0.444 e. The highest BCUT2D eigenvalue weighted by Crippen LogP contribution is 2.26. The van der Waals surface area contributed by atoms with Crippen LogP contribution in [0, 0.1) is 5.92 Å². The number of piperidine rings is 1. The number of ether oxygens (including phenoxy) is 1. The smallest absolute Gasteiger partial charge is 0.410 e. The summed E-state index contributed by atoms with van der Waals surface area (Å²) in [5.41, 5.74) is 0.150. The maximum absolute atomic E-state index is 13.2. The zero-order valence-corrected chi connectivity index (χ0v) is 26.5. The molecule has 1 aromatic heterocycles. The third-order valence-corrected chi connectivity index (χ3v) is 8.73. The maximum Gasteiger partial charge on any atom is 0.410 e. The molecule has 41 heavy (non-hydrogen) atoms. The van der Waals surface area contributed by atoms with Crippen LogP contribution in [0.5, 0.6) is 0 Å². The van der Waals surface area contributed by atoms with Crippen LogP contribution < -0.4 is 5.32 Å². The molecule has 0 bridgehead atoms. The van der Waals surface area contributed by atoms with E-state index in [4.69, 9.17) is 27.9 Å². The summed E-state index contributed by atoms with van der Waals surface area (Å²) in [4.78, 5) is 60.4. The van der Waals surface area contributed by atoms with Crippen molar-refractivity contribution in [2.24, 2.45) is 13.0 Å². The largest absolute Gasteiger partial charge is 0.444 e. The van der Waals surface area contributed by atoms with Crippen LogP contribution in [0.25, 0.3) is 0 Å². The van der Waals surface area contributed by atoms with E-state index in [0.717, 1.165) is 0 Å². The van der Waals surface area contributed by atoms with Gasteiger partial charge in [-0.25, -0.2) is 9.78 Å². The second-order valence-electron chi connectivity index (χ2n) is 11.1. The molecular weight excluding hydrogens is 639 g/mol. The fourth-order valence-corrected chi connectivity index (χ4v) is 5.52. The van der Waals surface area contributed by atoms with Crippen molar-refractivity contribution in [2.75, 3.05) is 44.6 Å². The minimum atomic E-state index is -0.559. The van der Waals surface area contributed by atoms with Crippen molar-refractivity contribution in [1.82, 2.24) is 24.3 Å². The lowest BCUT2D eigenvalue weighted by Crippen LogP contribution is -2.53. The molecule has 4 rings (SSSR count). The second kappa shape index (κ2) is 12.6. The van der Waals surface area contributed by atoms with Crippen molar-refractivity contribution in [1.29, 1.82) is 0 Å². The van der Waals surface area contributed by atoms with Crippen LogP contribution in [0.2, 0.25) is 10.2 Å². The van der Waals surface area contributed by atoms with Crippen molar-refractivity contribution < 1.29 is 23.9 Å². The van der Waals surface area contributed by atoms with Gasteiger partial charge in [0.2, 0.25) is 11.7 Å². The Morgan fingerprint density at radius 2 is 1.59 bits per heavy atom. The number of likely N-dealkylation sites (tertiary alicyclic amines) is 1. The summed E-state index contributed by atoms with van der Waals surface area (Å²) in [5.74, 6) is -0.715. The third kappa shape index (κ3) is 7.34. The van der Waals surface area contributed by atoms with Crippen LogP contribution in [0.3, 0.4) is 0 Å². The number of nitrogens with zero attached hydrogens (tertiary/aromatic N) is 5. The predicted octanol–water partition coefficient (Wildman–Crippen LogP) is 4.67. The lowest BCUT2D eigenvalue weighted by molar-refractivity contribution is -0.138. The van der Waals surface area contributed by atoms with Gasteiger partial charge < -0.3 is 29.3 Å². The van der Waals surface area contributed by atoms with Gasteiger partial charge in [-0.2, -0.15) is 0 Å². The van der Waals surface area contributed by atoms with E-state index in [1.165, 1.54) is 10.6 Å². The molecule has 0 radical (unpaired) electrons. The van der Waals surface area contributed by atoms with Gasteiger partial charge in [0.25, 0.3) is 11.8 Å². The van der Waals surface area contributed by atoms with E-state index >= 15 is 0 Å². The number of carbonyl (C=O) groups is 4. The van der Waals surface area contributed by atoms with Crippen LogP contribution in [-0.4, -0.2) is 92.9 Å². The highest BCUT2D eigenvalue weighted by Gasteiger charge is 2.34. The summed E-state index contributed by atoms with van der Waals surface area (Å²) in [5, 5.41) is 3.08. The monoisotopic (exact) mass is 670 g/mol. The number of anilines is 1. The highest BCUT2D eigenvalue weighted by molar-refractivity contribution is 9.10. The first kappa shape index (κ1) is 31.1. The van der Waals surface area contributed by atoms with Gasteiger partial charge in [-0.3, -0.25) is 14.4 Å². The molecule has 2 fully saturated rings. The average Bonchev–Trinajstić information content (AvgIpc) is 3.19. The van der Waals surface area contributed by atoms with E-state index in [1.807, 2.05) is 20.8 Å². The highest BCUT2D eigenvalue weighted by atomic mass is 79.9. The Labute approximate surface area is 257 Å². The average molecular weight is 672 g/mol. The Bertz CT molecular complexity index is 1340. The maximum atomic E-state index is 13.2. The molecule has 222 valence electrons. The number of nitrogens with one attached hydrogen (secondary N) is 1. The number of imidazole rings is 1. The first-order valence-corrected chi connectivity index (χ1v) is 14.8. The van der Waals surface area contributed by atoms with E-state index < -0.39 is 11.5 Å². The van der Waals surface area contributed by atoms with E-state index in [0.29, 0.717) is 68.0 Å². The molecule has 3 heterocycles. The minimum absolute atomic E-state index is 0.0556. The van der Waals surface area contributed by atoms with Crippen LogP contribution in [0.4, 0.5) is 10.5 Å². The van der Waals surface area contributed by atoms with Crippen LogP contribution in [-0.2, 0) is 16.6 Å². The van der Waals surface area contributed by atoms with Crippen molar-refractivity contribution in [3.8, 4) is 0 Å². The third-order valence-electron chi connectivity index (χ3n) is 7.02. The molecule has 1 N–H and O–H groups in total. The second-order valence-corrected chi connectivity index (χ2v) is 12.6. The van der Waals surface area contributed by atoms with Gasteiger partial charge in [-0.05, 0) is 67.7 Å². The first-order valence-electron chi connectivity index (χ1n) is 13.3. The Morgan fingerprint density at radius 1 is 0.976 bits per heavy atom. The van der Waals surface area contributed by atoms with E-state index in [2.05, 4.69) is 26.2 Å².